The molecule has 2 aromatic rings. The Morgan fingerprint density at radius 1 is 0.900 bits per heavy atom. The maximum atomic E-state index is 12.3. The first-order valence-corrected chi connectivity index (χ1v) is 14.0. The normalized spacial score (nSPS) is 30.6. The summed E-state index contributed by atoms with van der Waals surface area (Å²) in [5, 5.41) is 64.7. The molecule has 2 amide bonds. The van der Waals surface area contributed by atoms with Crippen molar-refractivity contribution in [1.82, 2.24) is 40.6 Å². The quantitative estimate of drug-likeness (QED) is 0.194. The number of hydrogen-bond acceptors (Lipinski definition) is 11. The predicted molar refractivity (Wildman–Crippen MR) is 139 cm³/mol. The molecule has 5 unspecified atom stereocenters. The van der Waals surface area contributed by atoms with E-state index in [9.17, 15) is 30.0 Å². The fourth-order valence-corrected chi connectivity index (χ4v) is 5.50. The van der Waals surface area contributed by atoms with E-state index in [1.54, 1.807) is 0 Å². The second kappa shape index (κ2) is 13.6. The van der Waals surface area contributed by atoms with Gasteiger partial charge >= 0.3 is 0 Å². The summed E-state index contributed by atoms with van der Waals surface area (Å²) in [6.45, 7) is 4.36. The Kier molecular flexibility index (Phi) is 10.2. The Hall–Kier alpha value is -2.98. The van der Waals surface area contributed by atoms with Crippen molar-refractivity contribution in [3.63, 3.8) is 0 Å². The van der Waals surface area contributed by atoms with Crippen LogP contribution in [0.5, 0.6) is 0 Å². The van der Waals surface area contributed by atoms with E-state index >= 15 is 0 Å². The van der Waals surface area contributed by atoms with Gasteiger partial charge in [0, 0.05) is 13.1 Å². The summed E-state index contributed by atoms with van der Waals surface area (Å²) >= 11 is 0. The standard InChI is InChI=1S/C25H40N8O7/c1-3-8-26-24(38)15-11-32(30-28-15)17-7-5-6-14(21(17)35)10-18-22(36)20(23(37)19(13-34)40-18)33-12-16(29-31-33)25(39)27-9-4-2/h11-12,14,17-23,34-37H,3-10,13H2,1-2H3,(H,26,38)(H,27,39)/t14-,17?,18-,19?,20?,21?,22?,23-/m0/s1. The van der Waals surface area contributed by atoms with Gasteiger partial charge in [0.1, 0.15) is 24.4 Å². The van der Waals surface area contributed by atoms with Crippen LogP contribution >= 0.6 is 0 Å². The largest absolute Gasteiger partial charge is 0.394 e. The molecule has 3 heterocycles. The number of aliphatic hydroxyl groups excluding tert-OH is 4. The number of carbonyl (C=O) groups is 2. The van der Waals surface area contributed by atoms with Crippen molar-refractivity contribution in [2.75, 3.05) is 19.7 Å². The van der Waals surface area contributed by atoms with E-state index in [0.29, 0.717) is 25.9 Å². The van der Waals surface area contributed by atoms with Crippen LogP contribution in [-0.4, -0.2) is 112 Å². The lowest BCUT2D eigenvalue weighted by atomic mass is 9.77. The molecule has 1 saturated heterocycles. The zero-order chi connectivity index (χ0) is 28.8. The van der Waals surface area contributed by atoms with Crippen molar-refractivity contribution in [1.29, 1.82) is 0 Å². The zero-order valence-electron chi connectivity index (χ0n) is 22.8. The summed E-state index contributed by atoms with van der Waals surface area (Å²) in [4.78, 5) is 24.6. The number of hydrogen-bond donors (Lipinski definition) is 6. The van der Waals surface area contributed by atoms with Crippen molar-refractivity contribution in [3.05, 3.63) is 23.8 Å². The Labute approximate surface area is 231 Å². The summed E-state index contributed by atoms with van der Waals surface area (Å²) in [5.41, 5.74) is 0.213. The molecule has 1 aliphatic heterocycles. The molecule has 0 radical (unpaired) electrons. The summed E-state index contributed by atoms with van der Waals surface area (Å²) in [7, 11) is 0. The lowest BCUT2D eigenvalue weighted by molar-refractivity contribution is -0.212. The van der Waals surface area contributed by atoms with Crippen molar-refractivity contribution in [2.24, 2.45) is 5.92 Å². The van der Waals surface area contributed by atoms with Crippen molar-refractivity contribution in [2.45, 2.75) is 95.0 Å². The molecule has 4 rings (SSSR count). The number of nitrogens with one attached hydrogen (secondary N) is 2. The molecule has 2 aromatic heterocycles. The van der Waals surface area contributed by atoms with Crippen molar-refractivity contribution < 1.29 is 34.8 Å². The highest BCUT2D eigenvalue weighted by Crippen LogP contribution is 2.39. The molecule has 0 spiro atoms. The third-order valence-corrected chi connectivity index (χ3v) is 7.68. The van der Waals surface area contributed by atoms with E-state index in [-0.39, 0.29) is 29.6 Å². The predicted octanol–water partition coefficient (Wildman–Crippen LogP) is -1.04. The Morgan fingerprint density at radius 2 is 1.48 bits per heavy atom. The molecule has 222 valence electrons. The van der Waals surface area contributed by atoms with Crippen molar-refractivity contribution >= 4 is 11.8 Å². The molecule has 0 bridgehead atoms. The van der Waals surface area contributed by atoms with Gasteiger partial charge in [-0.25, -0.2) is 9.36 Å². The maximum absolute atomic E-state index is 12.3. The molecule has 1 aliphatic carbocycles. The number of rotatable bonds is 11. The summed E-state index contributed by atoms with van der Waals surface area (Å²) in [5.74, 6) is -1.05. The highest BCUT2D eigenvalue weighted by Gasteiger charge is 2.48. The Balaban J connectivity index is 1.47. The van der Waals surface area contributed by atoms with Gasteiger partial charge in [-0.05, 0) is 38.0 Å². The highest BCUT2D eigenvalue weighted by molar-refractivity contribution is 5.92. The average molecular weight is 565 g/mol. The van der Waals surface area contributed by atoms with Gasteiger partial charge in [0.2, 0.25) is 0 Å². The third kappa shape index (κ3) is 6.49. The molecule has 8 atom stereocenters. The number of aliphatic hydroxyl groups is 4. The van der Waals surface area contributed by atoms with Crippen LogP contribution in [0.2, 0.25) is 0 Å². The minimum absolute atomic E-state index is 0.0394. The minimum Gasteiger partial charge on any atom is -0.394 e. The first-order valence-electron chi connectivity index (χ1n) is 14.0. The van der Waals surface area contributed by atoms with E-state index in [4.69, 9.17) is 4.74 Å². The second-order valence-electron chi connectivity index (χ2n) is 10.5. The number of nitrogens with zero attached hydrogens (tertiary/aromatic N) is 6. The van der Waals surface area contributed by atoms with Crippen molar-refractivity contribution in [3.8, 4) is 0 Å². The SMILES string of the molecule is CCCNC(=O)c1cn(C2CCC[C@@H](C[C@@H]3OC(CO)[C@H](O)C(n4cc(C(=O)NCCC)nn4)C3O)C2O)nn1. The summed E-state index contributed by atoms with van der Waals surface area (Å²) in [6, 6.07) is -1.46. The fraction of sp³-hybridized carbons (Fsp3) is 0.760. The first-order chi connectivity index (χ1) is 19.3. The van der Waals surface area contributed by atoms with Crippen LogP contribution < -0.4 is 10.6 Å². The van der Waals surface area contributed by atoms with E-state index < -0.39 is 55.1 Å². The molecule has 2 fully saturated rings. The highest BCUT2D eigenvalue weighted by atomic mass is 16.5. The number of aromatic nitrogens is 6. The summed E-state index contributed by atoms with van der Waals surface area (Å²) in [6.07, 6.45) is 1.39. The number of ether oxygens (including phenoxy) is 1. The van der Waals surface area contributed by atoms with Crippen LogP contribution in [-0.2, 0) is 4.74 Å². The Bertz CT molecular complexity index is 1130. The third-order valence-electron chi connectivity index (χ3n) is 7.68. The molecule has 2 aliphatic rings. The summed E-state index contributed by atoms with van der Waals surface area (Å²) < 4.78 is 8.64. The zero-order valence-corrected chi connectivity index (χ0v) is 22.8. The van der Waals surface area contributed by atoms with Gasteiger partial charge in [-0.3, -0.25) is 9.59 Å². The smallest absolute Gasteiger partial charge is 0.273 e. The van der Waals surface area contributed by atoms with Crippen LogP contribution in [0.3, 0.4) is 0 Å². The van der Waals surface area contributed by atoms with Crippen LogP contribution in [0.15, 0.2) is 12.4 Å². The van der Waals surface area contributed by atoms with Crippen LogP contribution in [0.1, 0.15) is 85.4 Å². The van der Waals surface area contributed by atoms with Gasteiger partial charge < -0.3 is 35.8 Å². The van der Waals surface area contributed by atoms with Gasteiger partial charge in [0.05, 0.1) is 37.3 Å². The van der Waals surface area contributed by atoms with Crippen LogP contribution in [0, 0.1) is 5.92 Å². The van der Waals surface area contributed by atoms with E-state index in [2.05, 4.69) is 31.3 Å². The van der Waals surface area contributed by atoms with Crippen LogP contribution in [0.4, 0.5) is 0 Å². The van der Waals surface area contributed by atoms with Gasteiger partial charge in [-0.15, -0.1) is 10.2 Å². The molecule has 40 heavy (non-hydrogen) atoms. The second-order valence-corrected chi connectivity index (χ2v) is 10.5. The average Bonchev–Trinajstić information content (AvgIpc) is 3.64. The topological polar surface area (TPSA) is 210 Å². The molecular formula is C25H40N8O7. The van der Waals surface area contributed by atoms with Gasteiger partial charge in [0.25, 0.3) is 11.8 Å². The molecule has 0 aromatic carbocycles. The minimum atomic E-state index is -1.32. The first kappa shape index (κ1) is 30.0. The van der Waals surface area contributed by atoms with Crippen LogP contribution in [0.25, 0.3) is 0 Å². The molecule has 15 nitrogen and oxygen atoms in total. The number of carbonyl (C=O) groups excluding carboxylic acids is 2. The molecule has 6 N–H and O–H groups in total. The fourth-order valence-electron chi connectivity index (χ4n) is 5.50. The monoisotopic (exact) mass is 564 g/mol. The lowest BCUT2D eigenvalue weighted by Gasteiger charge is -2.44. The lowest BCUT2D eigenvalue weighted by Crippen LogP contribution is -2.56. The molecular weight excluding hydrogens is 524 g/mol. The number of amides is 2. The van der Waals surface area contributed by atoms with E-state index in [0.717, 1.165) is 19.3 Å². The molecule has 15 heteroatoms. The van der Waals surface area contributed by atoms with E-state index in [1.165, 1.54) is 21.8 Å². The Morgan fingerprint density at radius 3 is 2.08 bits per heavy atom. The van der Waals surface area contributed by atoms with E-state index in [1.807, 2.05) is 13.8 Å². The van der Waals surface area contributed by atoms with Gasteiger partial charge in [-0.2, -0.15) is 0 Å². The van der Waals surface area contributed by atoms with Gasteiger partial charge in [0.15, 0.2) is 11.4 Å². The molecule has 1 saturated carbocycles. The maximum Gasteiger partial charge on any atom is 0.273 e. The van der Waals surface area contributed by atoms with Gasteiger partial charge in [-0.1, -0.05) is 30.7 Å².